The second kappa shape index (κ2) is 44.3. The fraction of sp³-hybridized carbons (Fsp3) is 0.577. The molecule has 1 aromatic heterocycles. The molecule has 0 spiro atoms. The Morgan fingerprint density at radius 2 is 1.17 bits per heavy atom. The van der Waals surface area contributed by atoms with Crippen LogP contribution in [-0.2, 0) is 67.0 Å². The van der Waals surface area contributed by atoms with Crippen LogP contribution in [-0.4, -0.2) is 184 Å². The highest BCUT2D eigenvalue weighted by atomic mass is 33.1. The van der Waals surface area contributed by atoms with E-state index >= 15 is 19.2 Å². The number of unbranched alkanes of at least 4 members (excludes halogenated alkanes) is 10. The Kier molecular flexibility index (Phi) is 36.6. The van der Waals surface area contributed by atoms with Crippen LogP contribution in [0, 0.1) is 0 Å². The molecule has 12 N–H and O–H groups in total. The third-order valence-corrected chi connectivity index (χ3v) is 19.4. The standard InChI is InChI=1S/C71H104N10O16S2/c1-7-10-13-26-37-95-68(92)72-36-25-24-34-53-66(90)80-71(6,48(5)84)67(91)78-59(65(89)76-57(44-82)47(4)83)46-99-98-45-58(77-62(86)55(41-50-31-20-17-21-32-50)79-69(93)96-38-27-14-11-8-2)64(88)74-54(40-49-29-18-16-19-30-49)61(85)75-56(63(87)73-53)42-51-43-81(60-35-23-22-33-52(51)60)70(94)97-39-28-15-12-9-3/h16-23,29-33,35,43,47-48,53-59,82-84H,7-15,24-28,34,36-42,44-46H2,1-6H3,(H,72,92)(H,73,87)(H,74,88)(H,75,85)(H,76,89)(H,77,86)(H,78,91)(H,79,93)(H,80,90)/t47-,48?,53+,54+,55?,56-,57-,58+,59+,71+/m1/s1. The number of carbonyl (C=O) groups excluding carboxylic acids is 10. The maximum absolute atomic E-state index is 15.5. The molecule has 28 heteroatoms. The van der Waals surface area contributed by atoms with Gasteiger partial charge >= 0.3 is 18.3 Å². The van der Waals surface area contributed by atoms with E-state index in [0.717, 1.165) is 79.4 Å². The number of aliphatic hydroxyl groups excluding tert-OH is 3. The molecule has 1 aliphatic rings. The third-order valence-electron chi connectivity index (χ3n) is 17.0. The highest BCUT2D eigenvalue weighted by Gasteiger charge is 2.44. The number of benzene rings is 3. The summed E-state index contributed by atoms with van der Waals surface area (Å²) in [5.41, 5.74) is -0.266. The summed E-state index contributed by atoms with van der Waals surface area (Å²) in [6.45, 7) is 9.76. The highest BCUT2D eigenvalue weighted by Crippen LogP contribution is 2.26. The van der Waals surface area contributed by atoms with E-state index in [1.54, 1.807) is 84.9 Å². The molecule has 0 aliphatic carbocycles. The van der Waals surface area contributed by atoms with Crippen molar-refractivity contribution in [2.75, 3.05) is 44.5 Å². The summed E-state index contributed by atoms with van der Waals surface area (Å²) >= 11 is 0. The molecule has 2 unspecified atom stereocenters. The van der Waals surface area contributed by atoms with E-state index in [9.17, 15) is 44.1 Å². The van der Waals surface area contributed by atoms with Gasteiger partial charge in [0.25, 0.3) is 0 Å². The highest BCUT2D eigenvalue weighted by molar-refractivity contribution is 8.76. The number of hydrogen-bond acceptors (Lipinski definition) is 18. The van der Waals surface area contributed by atoms with Crippen molar-refractivity contribution < 1.29 is 77.5 Å². The molecule has 2 heterocycles. The summed E-state index contributed by atoms with van der Waals surface area (Å²) in [5.74, 6) is -7.16. The van der Waals surface area contributed by atoms with Gasteiger partial charge in [0, 0.05) is 48.9 Å². The molecule has 3 aromatic carbocycles. The lowest BCUT2D eigenvalue weighted by molar-refractivity contribution is -0.141. The molecule has 4 aromatic rings. The van der Waals surface area contributed by atoms with Crippen molar-refractivity contribution in [1.82, 2.24) is 52.4 Å². The molecule has 546 valence electrons. The zero-order valence-corrected chi connectivity index (χ0v) is 59.6. The number of alkyl carbamates (subject to hydrolysis) is 2. The van der Waals surface area contributed by atoms with Crippen LogP contribution in [0.3, 0.4) is 0 Å². The molecule has 26 nitrogen and oxygen atoms in total. The first-order valence-electron chi connectivity index (χ1n) is 34.7. The van der Waals surface area contributed by atoms with Crippen LogP contribution in [0.25, 0.3) is 10.9 Å². The quantitative estimate of drug-likeness (QED) is 0.0138. The first-order valence-corrected chi connectivity index (χ1v) is 37.1. The van der Waals surface area contributed by atoms with Crippen LogP contribution in [0.2, 0.25) is 0 Å². The minimum atomic E-state index is -2.27. The van der Waals surface area contributed by atoms with Gasteiger partial charge in [0.1, 0.15) is 41.8 Å². The minimum absolute atomic E-state index is 0.0490. The number of nitrogens with zero attached hydrogens (tertiary/aromatic N) is 1. The van der Waals surface area contributed by atoms with Crippen LogP contribution in [0.5, 0.6) is 0 Å². The van der Waals surface area contributed by atoms with E-state index in [4.69, 9.17) is 14.2 Å². The Morgan fingerprint density at radius 1 is 0.616 bits per heavy atom. The maximum atomic E-state index is 15.5. The Labute approximate surface area is 588 Å². The Bertz CT molecular complexity index is 3200. The molecule has 1 saturated heterocycles. The van der Waals surface area contributed by atoms with Crippen molar-refractivity contribution in [3.05, 3.63) is 108 Å². The van der Waals surface area contributed by atoms with Crippen LogP contribution < -0.4 is 47.9 Å². The second-order valence-electron chi connectivity index (χ2n) is 25.1. The number of aliphatic hydroxyl groups is 3. The van der Waals surface area contributed by atoms with Gasteiger partial charge in [0.05, 0.1) is 50.2 Å². The van der Waals surface area contributed by atoms with E-state index in [-0.39, 0.29) is 76.4 Å². The number of ether oxygens (including phenoxy) is 3. The molecular formula is C71H104N10O16S2. The number of nitrogens with one attached hydrogen (secondary N) is 9. The first kappa shape index (κ1) is 81.8. The average Bonchev–Trinajstić information content (AvgIpc) is 1.70. The largest absolute Gasteiger partial charge is 0.450 e. The van der Waals surface area contributed by atoms with E-state index in [1.165, 1.54) is 31.5 Å². The van der Waals surface area contributed by atoms with Crippen LogP contribution in [0.15, 0.2) is 91.1 Å². The fourth-order valence-corrected chi connectivity index (χ4v) is 13.0. The molecule has 99 heavy (non-hydrogen) atoms. The zero-order valence-electron chi connectivity index (χ0n) is 57.9. The van der Waals surface area contributed by atoms with E-state index in [2.05, 4.69) is 61.7 Å². The number of para-hydroxylation sites is 1. The first-order chi connectivity index (χ1) is 47.6. The van der Waals surface area contributed by atoms with Crippen molar-refractivity contribution in [3.8, 4) is 0 Å². The second-order valence-corrected chi connectivity index (χ2v) is 27.6. The molecule has 9 amide bonds. The molecule has 0 saturated carbocycles. The van der Waals surface area contributed by atoms with Gasteiger partial charge in [-0.15, -0.1) is 0 Å². The van der Waals surface area contributed by atoms with Gasteiger partial charge in [-0.25, -0.2) is 14.4 Å². The molecule has 5 rings (SSSR count). The van der Waals surface area contributed by atoms with Gasteiger partial charge in [-0.2, -0.15) is 0 Å². The lowest BCUT2D eigenvalue weighted by Crippen LogP contribution is -2.68. The van der Waals surface area contributed by atoms with E-state index in [0.29, 0.717) is 46.9 Å². The predicted molar refractivity (Wildman–Crippen MR) is 380 cm³/mol. The van der Waals surface area contributed by atoms with Crippen LogP contribution >= 0.6 is 21.6 Å². The molecule has 1 fully saturated rings. The topological polar surface area (TPSA) is 372 Å². The van der Waals surface area contributed by atoms with Crippen molar-refractivity contribution in [2.45, 2.75) is 217 Å². The van der Waals surface area contributed by atoms with Gasteiger partial charge in [0.2, 0.25) is 41.4 Å². The summed E-state index contributed by atoms with van der Waals surface area (Å²) in [7, 11) is 1.92. The van der Waals surface area contributed by atoms with Crippen LogP contribution in [0.4, 0.5) is 14.4 Å². The van der Waals surface area contributed by atoms with Crippen molar-refractivity contribution in [2.24, 2.45) is 0 Å². The van der Waals surface area contributed by atoms with Crippen molar-refractivity contribution >= 4 is 92.1 Å². The Hall–Kier alpha value is -7.92. The van der Waals surface area contributed by atoms with Gasteiger partial charge in [-0.05, 0) is 82.1 Å². The van der Waals surface area contributed by atoms with Crippen LogP contribution in [0.1, 0.15) is 155 Å². The van der Waals surface area contributed by atoms with Crippen molar-refractivity contribution in [3.63, 3.8) is 0 Å². The lowest BCUT2D eigenvalue weighted by atomic mass is 9.93. The predicted octanol–water partition coefficient (Wildman–Crippen LogP) is 6.32. The summed E-state index contributed by atoms with van der Waals surface area (Å²) in [4.78, 5) is 145. The van der Waals surface area contributed by atoms with E-state index in [1.807, 2.05) is 6.92 Å². The summed E-state index contributed by atoms with van der Waals surface area (Å²) in [6, 6.07) is 14.0. The summed E-state index contributed by atoms with van der Waals surface area (Å²) in [6.07, 6.45) is 6.21. The summed E-state index contributed by atoms with van der Waals surface area (Å²) < 4.78 is 17.8. The SMILES string of the molecule is CCCCCCOC(=O)NCCCC[C@@H]1NC(=O)[C@@H](Cc2cn(C(=O)OCCCCCC)c3ccccc23)NC(=O)[C@H](Cc2ccccc2)NC(=O)[C@@H](NC(=O)C(Cc2ccccc2)NC(=O)OCCCCCC)CSSC[C@@H](C(=O)N[C@H](CO)[C@@H](C)O)NC(=O)[C@](C)(C(C)O)NC1=O. The van der Waals surface area contributed by atoms with Gasteiger partial charge < -0.3 is 77.4 Å². The number of amides is 9. The van der Waals surface area contributed by atoms with Gasteiger partial charge in [0.15, 0.2) is 0 Å². The van der Waals surface area contributed by atoms with Gasteiger partial charge in [-0.3, -0.25) is 38.1 Å². The molecule has 0 radical (unpaired) electrons. The Balaban J connectivity index is 1.65. The van der Waals surface area contributed by atoms with Gasteiger partial charge in [-0.1, -0.05) is 179 Å². The smallest absolute Gasteiger partial charge is 0.418 e. The zero-order chi connectivity index (χ0) is 72.1. The number of carbonyl (C=O) groups is 10. The number of aromatic nitrogens is 1. The third kappa shape index (κ3) is 28.0. The number of fused-ring (bicyclic) bond motifs is 1. The number of hydrogen-bond donors (Lipinski definition) is 12. The minimum Gasteiger partial charge on any atom is -0.450 e. The lowest BCUT2D eigenvalue weighted by Gasteiger charge is -2.35. The van der Waals surface area contributed by atoms with Crippen molar-refractivity contribution in [1.29, 1.82) is 0 Å². The average molecular weight is 1420 g/mol. The molecule has 0 bridgehead atoms. The monoisotopic (exact) mass is 1420 g/mol. The van der Waals surface area contributed by atoms with E-state index < -0.39 is 126 Å². The molecular weight excluding hydrogens is 1310 g/mol. The normalized spacial score (nSPS) is 20.2. The maximum Gasteiger partial charge on any atom is 0.418 e. The molecule has 10 atom stereocenters. The number of rotatable bonds is 34. The summed E-state index contributed by atoms with van der Waals surface area (Å²) in [5, 5.41) is 57.0. The molecule has 1 aliphatic heterocycles. The Morgan fingerprint density at radius 3 is 1.78 bits per heavy atom. The fourth-order valence-electron chi connectivity index (χ4n) is 10.7.